The van der Waals surface area contributed by atoms with Crippen molar-refractivity contribution in [3.05, 3.63) is 59.7 Å². The van der Waals surface area contributed by atoms with E-state index in [0.717, 1.165) is 41.9 Å². The highest BCUT2D eigenvalue weighted by Gasteiger charge is 2.09. The topological polar surface area (TPSA) is 55.1 Å². The standard InChI is InChI=1S/C17H17N5/c1-2-8-16-15(7-1)20-21-22(16)12-13-5-3-6-14(11-13)17-18-9-4-10-19-17/h1-3,5-8,11H,4,9-10,12H2,(H,18,19). The van der Waals surface area contributed by atoms with Crippen molar-refractivity contribution in [1.82, 2.24) is 20.3 Å². The first-order valence-corrected chi connectivity index (χ1v) is 7.56. The summed E-state index contributed by atoms with van der Waals surface area (Å²) in [5.41, 5.74) is 4.32. The van der Waals surface area contributed by atoms with Crippen LogP contribution in [-0.4, -0.2) is 33.9 Å². The summed E-state index contributed by atoms with van der Waals surface area (Å²) < 4.78 is 1.94. The average Bonchev–Trinajstić information content (AvgIpc) is 2.99. The van der Waals surface area contributed by atoms with Crippen molar-refractivity contribution in [2.24, 2.45) is 4.99 Å². The molecule has 2 aromatic carbocycles. The van der Waals surface area contributed by atoms with Gasteiger partial charge in [0.05, 0.1) is 12.1 Å². The Balaban J connectivity index is 1.64. The van der Waals surface area contributed by atoms with Crippen LogP contribution in [-0.2, 0) is 6.54 Å². The molecule has 110 valence electrons. The minimum atomic E-state index is 0.710. The van der Waals surface area contributed by atoms with E-state index in [1.807, 2.05) is 28.9 Å². The Kier molecular flexibility index (Phi) is 3.31. The first-order valence-electron chi connectivity index (χ1n) is 7.56. The lowest BCUT2D eigenvalue weighted by molar-refractivity contribution is 0.669. The van der Waals surface area contributed by atoms with Crippen LogP contribution in [0.25, 0.3) is 11.0 Å². The molecular weight excluding hydrogens is 274 g/mol. The average molecular weight is 291 g/mol. The van der Waals surface area contributed by atoms with Gasteiger partial charge in [0.25, 0.3) is 0 Å². The number of amidine groups is 1. The van der Waals surface area contributed by atoms with Gasteiger partial charge in [0.2, 0.25) is 0 Å². The van der Waals surface area contributed by atoms with Gasteiger partial charge in [-0.3, -0.25) is 4.99 Å². The Morgan fingerprint density at radius 1 is 1.09 bits per heavy atom. The van der Waals surface area contributed by atoms with E-state index in [4.69, 9.17) is 0 Å². The van der Waals surface area contributed by atoms with Gasteiger partial charge in [0.15, 0.2) is 0 Å². The van der Waals surface area contributed by atoms with E-state index in [2.05, 4.69) is 44.9 Å². The van der Waals surface area contributed by atoms with Gasteiger partial charge in [-0.15, -0.1) is 5.10 Å². The highest BCUT2D eigenvalue weighted by Crippen LogP contribution is 2.14. The van der Waals surface area contributed by atoms with Crippen molar-refractivity contribution >= 4 is 16.9 Å². The third kappa shape index (κ3) is 2.45. The third-order valence-electron chi connectivity index (χ3n) is 3.85. The molecule has 0 unspecified atom stereocenters. The summed E-state index contributed by atoms with van der Waals surface area (Å²) in [6.07, 6.45) is 1.11. The molecule has 0 saturated heterocycles. The van der Waals surface area contributed by atoms with Crippen molar-refractivity contribution < 1.29 is 0 Å². The second kappa shape index (κ2) is 5.60. The highest BCUT2D eigenvalue weighted by molar-refractivity contribution is 5.99. The van der Waals surface area contributed by atoms with Crippen molar-refractivity contribution in [2.75, 3.05) is 13.1 Å². The molecule has 0 spiro atoms. The number of fused-ring (bicyclic) bond motifs is 1. The lowest BCUT2D eigenvalue weighted by Crippen LogP contribution is -2.30. The number of rotatable bonds is 3. The normalized spacial score (nSPS) is 14.6. The molecule has 3 aromatic rings. The van der Waals surface area contributed by atoms with Crippen molar-refractivity contribution in [3.8, 4) is 0 Å². The number of benzene rings is 2. The second-order valence-corrected chi connectivity index (χ2v) is 5.45. The molecule has 0 fully saturated rings. The lowest BCUT2D eigenvalue weighted by atomic mass is 10.1. The summed E-state index contributed by atoms with van der Waals surface area (Å²) in [5.74, 6) is 0.997. The SMILES string of the molecule is c1cc(Cn2nnc3ccccc32)cc(C2=NCCCN2)c1. The number of hydrogen-bond acceptors (Lipinski definition) is 4. The zero-order valence-corrected chi connectivity index (χ0v) is 12.2. The molecule has 2 heterocycles. The number of nitrogens with one attached hydrogen (secondary N) is 1. The summed E-state index contributed by atoms with van der Waals surface area (Å²) >= 11 is 0. The summed E-state index contributed by atoms with van der Waals surface area (Å²) in [5, 5.41) is 11.8. The zero-order chi connectivity index (χ0) is 14.8. The van der Waals surface area contributed by atoms with Gasteiger partial charge in [0, 0.05) is 18.7 Å². The second-order valence-electron chi connectivity index (χ2n) is 5.45. The van der Waals surface area contributed by atoms with E-state index in [-0.39, 0.29) is 0 Å². The molecule has 5 heteroatoms. The summed E-state index contributed by atoms with van der Waals surface area (Å²) in [7, 11) is 0. The van der Waals surface area contributed by atoms with Gasteiger partial charge in [-0.25, -0.2) is 4.68 Å². The number of hydrogen-bond donors (Lipinski definition) is 1. The smallest absolute Gasteiger partial charge is 0.128 e. The Morgan fingerprint density at radius 2 is 2.05 bits per heavy atom. The molecule has 0 atom stereocenters. The van der Waals surface area contributed by atoms with E-state index in [9.17, 15) is 0 Å². The fourth-order valence-electron chi connectivity index (χ4n) is 2.75. The predicted molar refractivity (Wildman–Crippen MR) is 87.1 cm³/mol. The van der Waals surface area contributed by atoms with Crippen LogP contribution in [0.2, 0.25) is 0 Å². The maximum absolute atomic E-state index is 4.56. The highest BCUT2D eigenvalue weighted by atomic mass is 15.4. The van der Waals surface area contributed by atoms with Crippen LogP contribution < -0.4 is 5.32 Å². The Labute approximate surface area is 128 Å². The van der Waals surface area contributed by atoms with E-state index < -0.39 is 0 Å². The Morgan fingerprint density at radius 3 is 2.95 bits per heavy atom. The monoisotopic (exact) mass is 291 g/mol. The maximum Gasteiger partial charge on any atom is 0.128 e. The van der Waals surface area contributed by atoms with Gasteiger partial charge < -0.3 is 5.32 Å². The number of aliphatic imine (C=N–C) groups is 1. The Hall–Kier alpha value is -2.69. The van der Waals surface area contributed by atoms with E-state index in [1.54, 1.807) is 0 Å². The molecular formula is C17H17N5. The van der Waals surface area contributed by atoms with Crippen LogP contribution in [0.4, 0.5) is 0 Å². The Bertz CT molecular complexity index is 834. The van der Waals surface area contributed by atoms with Crippen LogP contribution >= 0.6 is 0 Å². The summed E-state index contributed by atoms with van der Waals surface area (Å²) in [6, 6.07) is 16.5. The molecule has 0 saturated carbocycles. The van der Waals surface area contributed by atoms with E-state index >= 15 is 0 Å². The van der Waals surface area contributed by atoms with Crippen LogP contribution in [0.3, 0.4) is 0 Å². The lowest BCUT2D eigenvalue weighted by Gasteiger charge is -2.15. The minimum absolute atomic E-state index is 0.710. The quantitative estimate of drug-likeness (QED) is 0.805. The molecule has 1 aliphatic rings. The molecule has 1 aromatic heterocycles. The van der Waals surface area contributed by atoms with Crippen LogP contribution in [0, 0.1) is 0 Å². The fourth-order valence-corrected chi connectivity index (χ4v) is 2.75. The predicted octanol–water partition coefficient (Wildman–Crippen LogP) is 2.22. The van der Waals surface area contributed by atoms with Crippen LogP contribution in [0.1, 0.15) is 17.5 Å². The van der Waals surface area contributed by atoms with Crippen molar-refractivity contribution in [1.29, 1.82) is 0 Å². The fraction of sp³-hybridized carbons (Fsp3) is 0.235. The molecule has 4 rings (SSSR count). The van der Waals surface area contributed by atoms with Crippen LogP contribution in [0.15, 0.2) is 53.5 Å². The number of para-hydroxylation sites is 1. The minimum Gasteiger partial charge on any atom is -0.370 e. The van der Waals surface area contributed by atoms with E-state index in [0.29, 0.717) is 6.54 Å². The summed E-state index contributed by atoms with van der Waals surface area (Å²) in [6.45, 7) is 2.61. The molecule has 0 radical (unpaired) electrons. The van der Waals surface area contributed by atoms with Gasteiger partial charge >= 0.3 is 0 Å². The molecule has 1 aliphatic heterocycles. The molecule has 5 nitrogen and oxygen atoms in total. The first kappa shape index (κ1) is 13.0. The van der Waals surface area contributed by atoms with Gasteiger partial charge in [-0.05, 0) is 30.2 Å². The summed E-state index contributed by atoms with van der Waals surface area (Å²) in [4.78, 5) is 4.56. The molecule has 0 bridgehead atoms. The van der Waals surface area contributed by atoms with Crippen molar-refractivity contribution in [2.45, 2.75) is 13.0 Å². The molecule has 1 N–H and O–H groups in total. The van der Waals surface area contributed by atoms with Gasteiger partial charge in [-0.1, -0.05) is 35.5 Å². The van der Waals surface area contributed by atoms with Gasteiger partial charge in [-0.2, -0.15) is 0 Å². The molecule has 0 aliphatic carbocycles. The van der Waals surface area contributed by atoms with Crippen LogP contribution in [0.5, 0.6) is 0 Å². The number of nitrogens with zero attached hydrogens (tertiary/aromatic N) is 4. The zero-order valence-electron chi connectivity index (χ0n) is 12.2. The maximum atomic E-state index is 4.56. The number of aromatic nitrogens is 3. The largest absolute Gasteiger partial charge is 0.370 e. The van der Waals surface area contributed by atoms with Crippen molar-refractivity contribution in [3.63, 3.8) is 0 Å². The van der Waals surface area contributed by atoms with E-state index in [1.165, 1.54) is 5.56 Å². The first-order chi connectivity index (χ1) is 10.9. The molecule has 0 amide bonds. The third-order valence-corrected chi connectivity index (χ3v) is 3.85. The van der Waals surface area contributed by atoms with Gasteiger partial charge in [0.1, 0.15) is 11.4 Å². The molecule has 22 heavy (non-hydrogen) atoms.